The fourth-order valence-electron chi connectivity index (χ4n) is 1.55. The number of benzene rings is 1. The average molecular weight is 282 g/mol. The van der Waals surface area contributed by atoms with Crippen LogP contribution >= 0.6 is 0 Å². The van der Waals surface area contributed by atoms with E-state index in [1.165, 1.54) is 12.1 Å². The lowest BCUT2D eigenvalue weighted by molar-refractivity contribution is -0.142. The third-order valence-corrected chi connectivity index (χ3v) is 2.50. The van der Waals surface area contributed by atoms with Crippen molar-refractivity contribution in [3.05, 3.63) is 29.8 Å². The molecule has 7 nitrogen and oxygen atoms in total. The SMILES string of the molecule is NCCOCC(=O)N[C@@H](Cc1ccc(O)cc1)C(=O)O. The molecule has 0 aromatic heterocycles. The van der Waals surface area contributed by atoms with Crippen LogP contribution in [0, 0.1) is 0 Å². The Hall–Kier alpha value is -2.12. The maximum Gasteiger partial charge on any atom is 0.326 e. The summed E-state index contributed by atoms with van der Waals surface area (Å²) in [5, 5.41) is 20.6. The van der Waals surface area contributed by atoms with Crippen LogP contribution in [0.1, 0.15) is 5.56 Å². The number of carbonyl (C=O) groups is 2. The number of amides is 1. The van der Waals surface area contributed by atoms with Crippen molar-refractivity contribution in [1.29, 1.82) is 0 Å². The number of rotatable bonds is 8. The molecule has 0 fully saturated rings. The van der Waals surface area contributed by atoms with Crippen LogP contribution in [0.3, 0.4) is 0 Å². The maximum atomic E-state index is 11.5. The molecule has 1 amide bonds. The summed E-state index contributed by atoms with van der Waals surface area (Å²) in [6.07, 6.45) is 0.123. The molecule has 0 saturated carbocycles. The molecular weight excluding hydrogens is 264 g/mol. The van der Waals surface area contributed by atoms with E-state index in [1.54, 1.807) is 12.1 Å². The summed E-state index contributed by atoms with van der Waals surface area (Å²) in [5.74, 6) is -1.55. The van der Waals surface area contributed by atoms with E-state index in [2.05, 4.69) is 5.32 Å². The Labute approximate surface area is 116 Å². The van der Waals surface area contributed by atoms with Gasteiger partial charge in [-0.2, -0.15) is 0 Å². The number of hydrogen-bond acceptors (Lipinski definition) is 5. The van der Waals surface area contributed by atoms with Crippen LogP contribution < -0.4 is 11.1 Å². The Balaban J connectivity index is 2.54. The summed E-state index contributed by atoms with van der Waals surface area (Å²) in [7, 11) is 0. The first-order valence-corrected chi connectivity index (χ1v) is 6.11. The molecule has 20 heavy (non-hydrogen) atoms. The minimum atomic E-state index is -1.13. The number of aliphatic carboxylic acids is 1. The number of hydrogen-bond donors (Lipinski definition) is 4. The molecule has 0 unspecified atom stereocenters. The smallest absolute Gasteiger partial charge is 0.326 e. The first-order chi connectivity index (χ1) is 9.52. The molecule has 0 aliphatic heterocycles. The Morgan fingerprint density at radius 3 is 2.50 bits per heavy atom. The lowest BCUT2D eigenvalue weighted by Crippen LogP contribution is -2.44. The van der Waals surface area contributed by atoms with E-state index in [-0.39, 0.29) is 25.4 Å². The molecule has 1 atom stereocenters. The summed E-state index contributed by atoms with van der Waals surface area (Å²) in [4.78, 5) is 22.6. The quantitative estimate of drug-likeness (QED) is 0.476. The van der Waals surface area contributed by atoms with Crippen molar-refractivity contribution in [3.63, 3.8) is 0 Å². The standard InChI is InChI=1S/C13H18N2O5/c14-5-6-20-8-12(17)15-11(13(18)19)7-9-1-3-10(16)4-2-9/h1-4,11,16H,5-8,14H2,(H,15,17)(H,18,19)/t11-/m0/s1. The molecule has 5 N–H and O–H groups in total. The van der Waals surface area contributed by atoms with E-state index in [1.807, 2.05) is 0 Å². The van der Waals surface area contributed by atoms with E-state index < -0.39 is 17.9 Å². The van der Waals surface area contributed by atoms with Gasteiger partial charge >= 0.3 is 5.97 Å². The van der Waals surface area contributed by atoms with Crippen molar-refractivity contribution < 1.29 is 24.5 Å². The molecule has 0 saturated heterocycles. The van der Waals surface area contributed by atoms with Crippen molar-refractivity contribution in [3.8, 4) is 5.75 Å². The highest BCUT2D eigenvalue weighted by molar-refractivity contribution is 5.84. The van der Waals surface area contributed by atoms with Crippen LogP contribution in [0.4, 0.5) is 0 Å². The largest absolute Gasteiger partial charge is 0.508 e. The van der Waals surface area contributed by atoms with Crippen LogP contribution in [0.5, 0.6) is 5.75 Å². The number of aromatic hydroxyl groups is 1. The minimum absolute atomic E-state index is 0.0971. The fourth-order valence-corrected chi connectivity index (χ4v) is 1.55. The van der Waals surface area contributed by atoms with Gasteiger partial charge in [0.25, 0.3) is 0 Å². The van der Waals surface area contributed by atoms with E-state index >= 15 is 0 Å². The molecule has 0 radical (unpaired) electrons. The molecule has 110 valence electrons. The molecule has 0 heterocycles. The lowest BCUT2D eigenvalue weighted by Gasteiger charge is -2.14. The number of carbonyl (C=O) groups excluding carboxylic acids is 1. The van der Waals surface area contributed by atoms with Gasteiger partial charge in [0.1, 0.15) is 18.4 Å². The van der Waals surface area contributed by atoms with Crippen LogP contribution in [-0.2, 0) is 20.7 Å². The van der Waals surface area contributed by atoms with Crippen molar-refractivity contribution >= 4 is 11.9 Å². The second-order valence-corrected chi connectivity index (χ2v) is 4.17. The first kappa shape index (κ1) is 15.9. The van der Waals surface area contributed by atoms with Gasteiger partial charge in [0, 0.05) is 13.0 Å². The van der Waals surface area contributed by atoms with Gasteiger partial charge in [0.15, 0.2) is 0 Å². The van der Waals surface area contributed by atoms with Crippen molar-refractivity contribution in [2.75, 3.05) is 19.8 Å². The molecule has 0 spiro atoms. The van der Waals surface area contributed by atoms with Gasteiger partial charge < -0.3 is 26.0 Å². The molecule has 1 rings (SSSR count). The zero-order valence-corrected chi connectivity index (χ0v) is 10.9. The molecule has 0 aliphatic carbocycles. The van der Waals surface area contributed by atoms with Crippen LogP contribution in [0.15, 0.2) is 24.3 Å². The topological polar surface area (TPSA) is 122 Å². The first-order valence-electron chi connectivity index (χ1n) is 6.11. The summed E-state index contributed by atoms with van der Waals surface area (Å²) in [6, 6.07) is 5.07. The van der Waals surface area contributed by atoms with Gasteiger partial charge in [0.2, 0.25) is 5.91 Å². The number of nitrogens with two attached hydrogens (primary N) is 1. The van der Waals surface area contributed by atoms with Crippen molar-refractivity contribution in [2.24, 2.45) is 5.73 Å². The Kier molecular flexibility index (Phi) is 6.48. The number of carboxylic acids is 1. The number of nitrogens with one attached hydrogen (secondary N) is 1. The Morgan fingerprint density at radius 2 is 1.95 bits per heavy atom. The Bertz CT molecular complexity index is 447. The highest BCUT2D eigenvalue weighted by Gasteiger charge is 2.20. The molecule has 7 heteroatoms. The third kappa shape index (κ3) is 5.68. The van der Waals surface area contributed by atoms with Gasteiger partial charge in [-0.15, -0.1) is 0 Å². The fraction of sp³-hybridized carbons (Fsp3) is 0.385. The van der Waals surface area contributed by atoms with Gasteiger partial charge in [-0.3, -0.25) is 4.79 Å². The van der Waals surface area contributed by atoms with Crippen LogP contribution in [-0.4, -0.2) is 47.9 Å². The number of phenolic OH excluding ortho intramolecular Hbond substituents is 1. The highest BCUT2D eigenvalue weighted by atomic mass is 16.5. The average Bonchev–Trinajstić information content (AvgIpc) is 2.40. The third-order valence-electron chi connectivity index (χ3n) is 2.50. The molecule has 1 aromatic carbocycles. The maximum absolute atomic E-state index is 11.5. The second kappa shape index (κ2) is 8.13. The summed E-state index contributed by atoms with van der Waals surface area (Å²) in [6.45, 7) is 0.308. The summed E-state index contributed by atoms with van der Waals surface area (Å²) >= 11 is 0. The Morgan fingerprint density at radius 1 is 1.30 bits per heavy atom. The molecule has 0 bridgehead atoms. The molecule has 1 aromatic rings. The minimum Gasteiger partial charge on any atom is -0.508 e. The normalized spacial score (nSPS) is 11.8. The summed E-state index contributed by atoms with van der Waals surface area (Å²) < 4.78 is 4.93. The number of phenols is 1. The van der Waals surface area contributed by atoms with Crippen LogP contribution in [0.25, 0.3) is 0 Å². The summed E-state index contributed by atoms with van der Waals surface area (Å²) in [5.41, 5.74) is 5.90. The van der Waals surface area contributed by atoms with Gasteiger partial charge in [-0.1, -0.05) is 12.1 Å². The predicted octanol–water partition coefficient (Wildman–Crippen LogP) is -0.521. The van der Waals surface area contributed by atoms with Crippen molar-refractivity contribution in [2.45, 2.75) is 12.5 Å². The monoisotopic (exact) mass is 282 g/mol. The zero-order valence-electron chi connectivity index (χ0n) is 10.9. The highest BCUT2D eigenvalue weighted by Crippen LogP contribution is 2.11. The van der Waals surface area contributed by atoms with Crippen LogP contribution in [0.2, 0.25) is 0 Å². The second-order valence-electron chi connectivity index (χ2n) is 4.17. The number of carboxylic acid groups (broad SMARTS) is 1. The lowest BCUT2D eigenvalue weighted by atomic mass is 10.1. The van der Waals surface area contributed by atoms with E-state index in [9.17, 15) is 9.59 Å². The van der Waals surface area contributed by atoms with Gasteiger partial charge in [-0.05, 0) is 17.7 Å². The number of ether oxygens (including phenoxy) is 1. The van der Waals surface area contributed by atoms with Gasteiger partial charge in [0.05, 0.1) is 6.61 Å². The van der Waals surface area contributed by atoms with E-state index in [4.69, 9.17) is 20.7 Å². The molecule has 0 aliphatic rings. The zero-order chi connectivity index (χ0) is 15.0. The van der Waals surface area contributed by atoms with E-state index in [0.29, 0.717) is 12.1 Å². The van der Waals surface area contributed by atoms with Crippen molar-refractivity contribution in [1.82, 2.24) is 5.32 Å². The molecular formula is C13H18N2O5. The van der Waals surface area contributed by atoms with Gasteiger partial charge in [-0.25, -0.2) is 4.79 Å². The predicted molar refractivity (Wildman–Crippen MR) is 71.3 cm³/mol. The van der Waals surface area contributed by atoms with E-state index in [0.717, 1.165) is 0 Å².